The molecular formula is C42H47N5OPt. The van der Waals surface area contributed by atoms with Crippen LogP contribution in [0.5, 0.6) is 11.5 Å². The van der Waals surface area contributed by atoms with Crippen LogP contribution < -0.4 is 4.74 Å². The molecule has 4 heterocycles. The number of benzene rings is 2. The molecule has 0 aliphatic carbocycles. The first-order chi connectivity index (χ1) is 22.4. The molecular weight excluding hydrogens is 786 g/mol. The van der Waals surface area contributed by atoms with Gasteiger partial charge in [-0.05, 0) is 67.5 Å². The molecule has 6 nitrogen and oxygen atoms in total. The molecule has 0 fully saturated rings. The summed E-state index contributed by atoms with van der Waals surface area (Å²) in [6, 6.07) is 26.2. The van der Waals surface area contributed by atoms with Crippen LogP contribution in [-0.4, -0.2) is 24.1 Å². The van der Waals surface area contributed by atoms with Crippen LogP contribution in [0.2, 0.25) is 0 Å². The molecule has 0 N–H and O–H groups in total. The van der Waals surface area contributed by atoms with Gasteiger partial charge >= 0.3 is 21.1 Å². The molecule has 0 bridgehead atoms. The summed E-state index contributed by atoms with van der Waals surface area (Å²) < 4.78 is 10.8. The van der Waals surface area contributed by atoms with E-state index in [4.69, 9.17) is 19.8 Å². The van der Waals surface area contributed by atoms with Crippen molar-refractivity contribution in [1.29, 1.82) is 0 Å². The zero-order chi connectivity index (χ0) is 34.8. The molecule has 0 atom stereocenters. The van der Waals surface area contributed by atoms with Crippen LogP contribution in [0, 0.1) is 39.8 Å². The number of ether oxygens (including phenoxy) is 1. The van der Waals surface area contributed by atoms with Crippen LogP contribution >= 0.6 is 0 Å². The van der Waals surface area contributed by atoms with E-state index >= 15 is 0 Å². The molecule has 7 heteroatoms. The Kier molecular flexibility index (Phi) is 9.64. The molecule has 2 aromatic carbocycles. The predicted molar refractivity (Wildman–Crippen MR) is 195 cm³/mol. The van der Waals surface area contributed by atoms with Gasteiger partial charge in [-0.2, -0.15) is 5.10 Å². The Labute approximate surface area is 306 Å². The van der Waals surface area contributed by atoms with Gasteiger partial charge in [-0.3, -0.25) is 14.6 Å². The minimum Gasteiger partial charge on any atom is -0.508 e. The summed E-state index contributed by atoms with van der Waals surface area (Å²) in [5.74, 6) is 1.19. The van der Waals surface area contributed by atoms with Crippen LogP contribution in [0.4, 0.5) is 0 Å². The Morgan fingerprint density at radius 1 is 0.714 bits per heavy atom. The van der Waals surface area contributed by atoms with Crippen LogP contribution in [0.3, 0.4) is 0 Å². The molecule has 0 aliphatic rings. The maximum Gasteiger partial charge on any atom is 2.00 e. The number of imidazole rings is 1. The molecule has 0 spiro atoms. The second kappa shape index (κ2) is 13.0. The van der Waals surface area contributed by atoms with E-state index in [1.807, 2.05) is 30.1 Å². The smallest absolute Gasteiger partial charge is 0.508 e. The first kappa shape index (κ1) is 36.3. The number of aryl methyl sites for hydroxylation is 3. The van der Waals surface area contributed by atoms with Gasteiger partial charge in [0, 0.05) is 57.1 Å². The number of pyridine rings is 2. The van der Waals surface area contributed by atoms with E-state index in [1.165, 1.54) is 5.56 Å². The normalized spacial score (nSPS) is 12.3. The minimum absolute atomic E-state index is 0. The zero-order valence-corrected chi connectivity index (χ0v) is 33.1. The van der Waals surface area contributed by atoms with Gasteiger partial charge in [-0.15, -0.1) is 35.4 Å². The molecule has 0 saturated heterocycles. The van der Waals surface area contributed by atoms with Crippen LogP contribution in [0.1, 0.15) is 101 Å². The monoisotopic (exact) mass is 832 g/mol. The quantitative estimate of drug-likeness (QED) is 0.157. The maximum absolute atomic E-state index is 6.74. The Morgan fingerprint density at radius 3 is 2.04 bits per heavy atom. The third-order valence-corrected chi connectivity index (χ3v) is 9.49. The fraction of sp³-hybridized carbons (Fsp3) is 0.357. The summed E-state index contributed by atoms with van der Waals surface area (Å²) >= 11 is 0. The minimum atomic E-state index is -0.508. The largest absolute Gasteiger partial charge is 2.00 e. The van der Waals surface area contributed by atoms with E-state index in [0.717, 1.165) is 62.1 Å². The van der Waals surface area contributed by atoms with Crippen LogP contribution in [0.25, 0.3) is 22.5 Å². The van der Waals surface area contributed by atoms with Crippen molar-refractivity contribution in [2.75, 3.05) is 0 Å². The molecule has 0 saturated carbocycles. The predicted octanol–water partition coefficient (Wildman–Crippen LogP) is 10.1. The van der Waals surface area contributed by atoms with E-state index < -0.39 is 5.41 Å². The molecule has 0 amide bonds. The van der Waals surface area contributed by atoms with Gasteiger partial charge in [0.25, 0.3) is 0 Å². The van der Waals surface area contributed by atoms with Crippen LogP contribution in [-0.2, 0) is 37.3 Å². The van der Waals surface area contributed by atoms with E-state index in [0.29, 0.717) is 11.5 Å². The molecule has 6 rings (SSSR count). The van der Waals surface area contributed by atoms with Gasteiger partial charge in [0.05, 0.1) is 5.69 Å². The second-order valence-electron chi connectivity index (χ2n) is 15.6. The SMILES string of the molecule is Cc1nn(-c2[c-]c(Oc3[c-]c(C(C)(C)c4cc(C(C)(C)C)ccn4)c4nc(C)c(C)n4c3)cc(C(C)(C)C)c2)c(C)c1-c1ccccc1.[Pt+2]. The number of fused-ring (bicyclic) bond motifs is 1. The number of rotatable bonds is 6. The first-order valence-corrected chi connectivity index (χ1v) is 16.7. The molecule has 256 valence electrons. The standard InChI is InChI=1S/C42H47N5O.Pt/c1-26-28(3)46-25-35(24-36(39(46)44-26)42(11,12)37-22-31(18-19-43-37)40(5,6)7)48-34-21-32(41(8,9)10)20-33(23-34)47-29(4)38(27(2)45-47)30-16-14-13-15-17-30;/h13-22,25H,1-12H3;/q-2;+2. The zero-order valence-electron chi connectivity index (χ0n) is 30.8. The Hall–Kier alpha value is -4.02. The molecule has 0 aliphatic heterocycles. The summed E-state index contributed by atoms with van der Waals surface area (Å²) in [4.78, 5) is 9.86. The third-order valence-electron chi connectivity index (χ3n) is 9.49. The van der Waals surface area contributed by atoms with Crippen molar-refractivity contribution in [3.8, 4) is 28.3 Å². The van der Waals surface area contributed by atoms with Gasteiger partial charge < -0.3 is 9.14 Å². The fourth-order valence-electron chi connectivity index (χ4n) is 6.29. The van der Waals surface area contributed by atoms with Crippen molar-refractivity contribution in [2.24, 2.45) is 0 Å². The van der Waals surface area contributed by atoms with Gasteiger partial charge in [0.2, 0.25) is 0 Å². The Morgan fingerprint density at radius 2 is 1.39 bits per heavy atom. The number of nitrogens with zero attached hydrogens (tertiary/aromatic N) is 5. The van der Waals surface area contributed by atoms with E-state index in [-0.39, 0.29) is 31.9 Å². The van der Waals surface area contributed by atoms with E-state index in [9.17, 15) is 0 Å². The summed E-state index contributed by atoms with van der Waals surface area (Å²) in [7, 11) is 0. The molecule has 49 heavy (non-hydrogen) atoms. The van der Waals surface area contributed by atoms with Crippen molar-refractivity contribution in [2.45, 2.75) is 99.3 Å². The van der Waals surface area contributed by atoms with Crippen molar-refractivity contribution in [1.82, 2.24) is 24.1 Å². The average molecular weight is 833 g/mol. The summed E-state index contributed by atoms with van der Waals surface area (Å²) in [6.45, 7) is 26.0. The third kappa shape index (κ3) is 6.90. The fourth-order valence-corrected chi connectivity index (χ4v) is 6.29. The molecule has 0 radical (unpaired) electrons. The van der Waals surface area contributed by atoms with Crippen molar-refractivity contribution in [3.63, 3.8) is 0 Å². The summed E-state index contributed by atoms with van der Waals surface area (Å²) in [5.41, 5.74) is 11.6. The van der Waals surface area contributed by atoms with E-state index in [1.54, 1.807) is 0 Å². The van der Waals surface area contributed by atoms with Gasteiger partial charge in [-0.25, -0.2) is 0 Å². The van der Waals surface area contributed by atoms with Crippen LogP contribution in [0.15, 0.2) is 67.0 Å². The number of hydrogen-bond donors (Lipinski definition) is 0. The first-order valence-electron chi connectivity index (χ1n) is 16.7. The molecule has 6 aromatic rings. The van der Waals surface area contributed by atoms with Crippen molar-refractivity contribution < 1.29 is 25.8 Å². The number of hydrogen-bond acceptors (Lipinski definition) is 4. The number of aromatic nitrogens is 5. The Bertz CT molecular complexity index is 2140. The summed E-state index contributed by atoms with van der Waals surface area (Å²) in [6.07, 6.45) is 3.89. The second-order valence-corrected chi connectivity index (χ2v) is 15.6. The molecule has 4 aromatic heterocycles. The van der Waals surface area contributed by atoms with Crippen molar-refractivity contribution in [3.05, 3.63) is 124 Å². The maximum atomic E-state index is 6.74. The topological polar surface area (TPSA) is 57.2 Å². The Balaban J connectivity index is 0.00000468. The summed E-state index contributed by atoms with van der Waals surface area (Å²) in [5, 5.41) is 4.99. The van der Waals surface area contributed by atoms with Gasteiger partial charge in [0.15, 0.2) is 0 Å². The van der Waals surface area contributed by atoms with Gasteiger partial charge in [0.1, 0.15) is 0 Å². The van der Waals surface area contributed by atoms with E-state index in [2.05, 4.69) is 141 Å². The van der Waals surface area contributed by atoms with Crippen molar-refractivity contribution >= 4 is 5.65 Å². The molecule has 0 unspecified atom stereocenters. The van der Waals surface area contributed by atoms with Gasteiger partial charge in [-0.1, -0.05) is 91.9 Å². The average Bonchev–Trinajstić information content (AvgIpc) is 3.49.